The van der Waals surface area contributed by atoms with Gasteiger partial charge in [0.05, 0.1) is 13.2 Å². The van der Waals surface area contributed by atoms with Crippen LogP contribution in [0.15, 0.2) is 6.07 Å². The van der Waals surface area contributed by atoms with Gasteiger partial charge in [-0.15, -0.1) is 0 Å². The highest BCUT2D eigenvalue weighted by molar-refractivity contribution is 5.42. The smallest absolute Gasteiger partial charge is 0.156 e. The van der Waals surface area contributed by atoms with Crippen molar-refractivity contribution < 1.29 is 9.47 Å². The molecule has 0 aromatic carbocycles. The highest BCUT2D eigenvalue weighted by Gasteiger charge is 2.28. The van der Waals surface area contributed by atoms with Crippen LogP contribution in [0.5, 0.6) is 0 Å². The predicted octanol–water partition coefficient (Wildman–Crippen LogP) is 1.23. The van der Waals surface area contributed by atoms with Gasteiger partial charge in [-0.1, -0.05) is 0 Å². The van der Waals surface area contributed by atoms with Gasteiger partial charge in [0.2, 0.25) is 0 Å². The summed E-state index contributed by atoms with van der Waals surface area (Å²) >= 11 is 0. The fraction of sp³-hybridized carbons (Fsp3) is 0.750. The van der Waals surface area contributed by atoms with Crippen molar-refractivity contribution in [2.24, 2.45) is 0 Å². The number of morpholine rings is 1. The summed E-state index contributed by atoms with van der Waals surface area (Å²) in [5.41, 5.74) is 1.01. The van der Waals surface area contributed by atoms with E-state index in [-0.39, 0.29) is 0 Å². The molecule has 1 unspecified atom stereocenters. The molecule has 1 aromatic rings. The minimum absolute atomic E-state index is 0.469. The third-order valence-electron chi connectivity index (χ3n) is 4.40. The fourth-order valence-corrected chi connectivity index (χ4v) is 3.36. The molecule has 2 aliphatic heterocycles. The van der Waals surface area contributed by atoms with Gasteiger partial charge in [-0.3, -0.25) is 4.90 Å². The van der Waals surface area contributed by atoms with E-state index in [0.717, 1.165) is 56.7 Å². The van der Waals surface area contributed by atoms with Crippen molar-refractivity contribution in [2.75, 3.05) is 51.4 Å². The van der Waals surface area contributed by atoms with Crippen LogP contribution in [0.3, 0.4) is 0 Å². The molecule has 3 heterocycles. The molecule has 6 nitrogen and oxygen atoms in total. The van der Waals surface area contributed by atoms with E-state index in [9.17, 15) is 0 Å². The fourth-order valence-electron chi connectivity index (χ4n) is 3.36. The Morgan fingerprint density at radius 2 is 2.09 bits per heavy atom. The molecule has 0 spiro atoms. The number of aromatic nitrogens is 2. The van der Waals surface area contributed by atoms with Gasteiger partial charge in [-0.25, -0.2) is 9.97 Å². The highest BCUT2D eigenvalue weighted by atomic mass is 16.5. The Morgan fingerprint density at radius 3 is 2.86 bits per heavy atom. The lowest BCUT2D eigenvalue weighted by molar-refractivity contribution is 0.0354. The van der Waals surface area contributed by atoms with Gasteiger partial charge >= 0.3 is 0 Å². The van der Waals surface area contributed by atoms with Crippen LogP contribution >= 0.6 is 0 Å². The summed E-state index contributed by atoms with van der Waals surface area (Å²) in [6, 6.07) is 2.64. The summed E-state index contributed by atoms with van der Waals surface area (Å²) in [6.07, 6.45) is 2.47. The monoisotopic (exact) mass is 306 g/mol. The number of hydrogen-bond acceptors (Lipinski definition) is 6. The first-order chi connectivity index (χ1) is 10.8. The van der Waals surface area contributed by atoms with Gasteiger partial charge in [0, 0.05) is 51.1 Å². The zero-order valence-electron chi connectivity index (χ0n) is 13.6. The average Bonchev–Trinajstić information content (AvgIpc) is 2.96. The quantitative estimate of drug-likeness (QED) is 0.815. The van der Waals surface area contributed by atoms with Crippen molar-refractivity contribution in [1.82, 2.24) is 14.9 Å². The van der Waals surface area contributed by atoms with Gasteiger partial charge < -0.3 is 14.4 Å². The largest absolute Gasteiger partial charge is 0.379 e. The number of aryl methyl sites for hydroxylation is 1. The lowest BCUT2D eigenvalue weighted by atomic mass is 10.2. The minimum atomic E-state index is 0.469. The number of ether oxygens (including phenoxy) is 2. The number of nitrogens with zero attached hydrogens (tertiary/aromatic N) is 4. The van der Waals surface area contributed by atoms with Crippen molar-refractivity contribution in [2.45, 2.75) is 32.4 Å². The van der Waals surface area contributed by atoms with E-state index >= 15 is 0 Å². The summed E-state index contributed by atoms with van der Waals surface area (Å²) in [5.74, 6) is 1.82. The van der Waals surface area contributed by atoms with E-state index in [1.165, 1.54) is 12.8 Å². The maximum Gasteiger partial charge on any atom is 0.156 e. The molecule has 0 bridgehead atoms. The number of rotatable bonds is 5. The molecule has 0 N–H and O–H groups in total. The highest BCUT2D eigenvalue weighted by Crippen LogP contribution is 2.25. The molecular weight excluding hydrogens is 280 g/mol. The van der Waals surface area contributed by atoms with Crippen molar-refractivity contribution in [3.8, 4) is 0 Å². The van der Waals surface area contributed by atoms with Gasteiger partial charge in [0.15, 0.2) is 5.82 Å². The number of hydrogen-bond donors (Lipinski definition) is 0. The molecular formula is C16H26N4O2. The van der Waals surface area contributed by atoms with Crippen molar-refractivity contribution in [3.63, 3.8) is 0 Å². The Kier molecular flexibility index (Phi) is 5.23. The third-order valence-corrected chi connectivity index (χ3v) is 4.40. The SMILES string of the molecule is COCc1nc(C)cc(N2CCCC2CN2CCOCC2)n1. The van der Waals surface area contributed by atoms with E-state index in [1.807, 2.05) is 6.92 Å². The van der Waals surface area contributed by atoms with E-state index < -0.39 is 0 Å². The third kappa shape index (κ3) is 3.74. The van der Waals surface area contributed by atoms with Crippen LogP contribution in [-0.4, -0.2) is 67.4 Å². The van der Waals surface area contributed by atoms with Crippen LogP contribution < -0.4 is 4.90 Å². The lowest BCUT2D eigenvalue weighted by Gasteiger charge is -2.33. The van der Waals surface area contributed by atoms with Crippen LogP contribution in [0.25, 0.3) is 0 Å². The maximum atomic E-state index is 5.44. The van der Waals surface area contributed by atoms with E-state index in [4.69, 9.17) is 14.5 Å². The lowest BCUT2D eigenvalue weighted by Crippen LogP contribution is -2.45. The molecule has 2 fully saturated rings. The molecule has 0 amide bonds. The molecule has 6 heteroatoms. The van der Waals surface area contributed by atoms with Gasteiger partial charge in [0.25, 0.3) is 0 Å². The van der Waals surface area contributed by atoms with Crippen LogP contribution in [0.2, 0.25) is 0 Å². The zero-order valence-corrected chi connectivity index (χ0v) is 13.6. The molecule has 1 atom stereocenters. The van der Waals surface area contributed by atoms with Crippen LogP contribution in [0.4, 0.5) is 5.82 Å². The molecule has 2 aliphatic rings. The topological polar surface area (TPSA) is 50.7 Å². The molecule has 0 aliphatic carbocycles. The molecule has 0 radical (unpaired) electrons. The Balaban J connectivity index is 1.71. The van der Waals surface area contributed by atoms with Gasteiger partial charge in [-0.05, 0) is 19.8 Å². The summed E-state index contributed by atoms with van der Waals surface area (Å²) in [6.45, 7) is 8.48. The van der Waals surface area contributed by atoms with Crippen molar-refractivity contribution >= 4 is 5.82 Å². The van der Waals surface area contributed by atoms with Crippen LogP contribution in [-0.2, 0) is 16.1 Å². The van der Waals surface area contributed by atoms with Gasteiger partial charge in [0.1, 0.15) is 12.4 Å². The standard InChI is InChI=1S/C16H26N4O2/c1-13-10-16(18-15(17-13)12-21-2)20-5-3-4-14(20)11-19-6-8-22-9-7-19/h10,14H,3-9,11-12H2,1-2H3. The maximum absolute atomic E-state index is 5.44. The van der Waals surface area contributed by atoms with E-state index in [0.29, 0.717) is 12.6 Å². The Labute approximate surface area is 132 Å². The Morgan fingerprint density at radius 1 is 1.27 bits per heavy atom. The molecule has 0 saturated carbocycles. The number of anilines is 1. The summed E-state index contributed by atoms with van der Waals surface area (Å²) in [5, 5.41) is 0. The first-order valence-electron chi connectivity index (χ1n) is 8.16. The van der Waals surface area contributed by atoms with E-state index in [1.54, 1.807) is 7.11 Å². The summed E-state index contributed by atoms with van der Waals surface area (Å²) < 4.78 is 10.6. The first kappa shape index (κ1) is 15.6. The first-order valence-corrected chi connectivity index (χ1v) is 8.16. The van der Waals surface area contributed by atoms with Crippen molar-refractivity contribution in [1.29, 1.82) is 0 Å². The minimum Gasteiger partial charge on any atom is -0.379 e. The van der Waals surface area contributed by atoms with Gasteiger partial charge in [-0.2, -0.15) is 0 Å². The zero-order chi connectivity index (χ0) is 15.4. The molecule has 1 aromatic heterocycles. The molecule has 122 valence electrons. The molecule has 22 heavy (non-hydrogen) atoms. The van der Waals surface area contributed by atoms with Crippen LogP contribution in [0.1, 0.15) is 24.4 Å². The summed E-state index contributed by atoms with van der Waals surface area (Å²) in [4.78, 5) is 14.1. The van der Waals surface area contributed by atoms with Crippen molar-refractivity contribution in [3.05, 3.63) is 17.6 Å². The second-order valence-electron chi connectivity index (χ2n) is 6.12. The predicted molar refractivity (Wildman–Crippen MR) is 85.1 cm³/mol. The second-order valence-corrected chi connectivity index (χ2v) is 6.12. The Hall–Kier alpha value is -1.24. The van der Waals surface area contributed by atoms with E-state index in [2.05, 4.69) is 20.9 Å². The summed E-state index contributed by atoms with van der Waals surface area (Å²) in [7, 11) is 1.68. The average molecular weight is 306 g/mol. The number of methoxy groups -OCH3 is 1. The normalized spacial score (nSPS) is 23.2. The molecule has 2 saturated heterocycles. The van der Waals surface area contributed by atoms with Crippen LogP contribution in [0, 0.1) is 6.92 Å². The molecule has 3 rings (SSSR count). The second kappa shape index (κ2) is 7.35. The Bertz CT molecular complexity index is 491.